The number of aromatic nitrogens is 2. The van der Waals surface area contributed by atoms with E-state index < -0.39 is 47.2 Å². The lowest BCUT2D eigenvalue weighted by Gasteiger charge is -2.30. The number of aliphatic hydroxyl groups excluding tert-OH is 1. The second kappa shape index (κ2) is 5.01. The van der Waals surface area contributed by atoms with E-state index >= 15 is 0 Å². The zero-order valence-electron chi connectivity index (χ0n) is 12.8. The highest BCUT2D eigenvalue weighted by Crippen LogP contribution is 2.46. The Morgan fingerprint density at radius 1 is 1.39 bits per heavy atom. The van der Waals surface area contributed by atoms with E-state index in [1.807, 2.05) is 6.07 Å². The van der Waals surface area contributed by atoms with Crippen LogP contribution in [-0.2, 0) is 19.9 Å². The van der Waals surface area contributed by atoms with Gasteiger partial charge in [-0.25, -0.2) is 4.79 Å². The average Bonchev–Trinajstić information content (AvgIpc) is 2.91. The number of hydrogen-bond donors (Lipinski definition) is 2. The van der Waals surface area contributed by atoms with Crippen molar-refractivity contribution in [1.29, 1.82) is 5.26 Å². The molecule has 2 aliphatic rings. The summed E-state index contributed by atoms with van der Waals surface area (Å²) in [5.41, 5.74) is -3.25. The van der Waals surface area contributed by atoms with E-state index in [-0.39, 0.29) is 0 Å². The van der Waals surface area contributed by atoms with Crippen molar-refractivity contribution in [2.24, 2.45) is 0 Å². The first-order chi connectivity index (χ1) is 10.7. The van der Waals surface area contributed by atoms with Gasteiger partial charge in [-0.15, -0.1) is 0 Å². The highest BCUT2D eigenvalue weighted by atomic mass is 16.8. The number of aliphatic hydroxyl groups is 1. The van der Waals surface area contributed by atoms with E-state index in [1.54, 1.807) is 13.8 Å². The summed E-state index contributed by atoms with van der Waals surface area (Å²) in [7, 11) is 0. The van der Waals surface area contributed by atoms with E-state index in [2.05, 4.69) is 4.98 Å². The van der Waals surface area contributed by atoms with Crippen LogP contribution >= 0.6 is 0 Å². The molecular weight excluding hydrogens is 306 g/mol. The lowest BCUT2D eigenvalue weighted by atomic mass is 10.0. The fourth-order valence-electron chi connectivity index (χ4n) is 3.06. The Bertz CT molecular complexity index is 776. The van der Waals surface area contributed by atoms with Crippen LogP contribution in [0.15, 0.2) is 21.9 Å². The molecule has 2 aliphatic heterocycles. The largest absolute Gasteiger partial charge is 0.391 e. The molecule has 23 heavy (non-hydrogen) atoms. The molecule has 0 radical (unpaired) electrons. The number of ether oxygens (including phenoxy) is 3. The van der Waals surface area contributed by atoms with Gasteiger partial charge in [-0.1, -0.05) is 0 Å². The van der Waals surface area contributed by atoms with E-state index in [1.165, 1.54) is 13.1 Å². The number of aromatic amines is 1. The van der Waals surface area contributed by atoms with Crippen LogP contribution in [0.25, 0.3) is 0 Å². The van der Waals surface area contributed by atoms with Gasteiger partial charge < -0.3 is 19.3 Å². The molecular formula is C14H17N3O6. The molecule has 3 heterocycles. The van der Waals surface area contributed by atoms with Crippen LogP contribution in [0.1, 0.15) is 20.8 Å². The molecule has 124 valence electrons. The molecule has 0 bridgehead atoms. The van der Waals surface area contributed by atoms with E-state index in [0.29, 0.717) is 0 Å². The monoisotopic (exact) mass is 323 g/mol. The number of fused-ring (bicyclic) bond motifs is 1. The van der Waals surface area contributed by atoms with Crippen LogP contribution < -0.4 is 11.2 Å². The van der Waals surface area contributed by atoms with Crippen molar-refractivity contribution in [3.05, 3.63) is 33.1 Å². The van der Waals surface area contributed by atoms with E-state index in [4.69, 9.17) is 14.2 Å². The molecule has 0 spiro atoms. The van der Waals surface area contributed by atoms with E-state index in [0.717, 1.165) is 10.6 Å². The van der Waals surface area contributed by atoms with Gasteiger partial charge in [0, 0.05) is 12.3 Å². The molecule has 5 unspecified atom stereocenters. The first-order valence-electron chi connectivity index (χ1n) is 7.15. The number of rotatable bonds is 2. The van der Waals surface area contributed by atoms with Crippen molar-refractivity contribution in [2.45, 2.75) is 56.7 Å². The SMILES string of the molecule is CC(O)C1OC(C#N)(n2ccc(=O)[nH]c2=O)C2OC(C)(C)OC12. The van der Waals surface area contributed by atoms with Crippen LogP contribution in [0.4, 0.5) is 0 Å². The Balaban J connectivity index is 2.17. The molecule has 0 aliphatic carbocycles. The maximum absolute atomic E-state index is 12.1. The summed E-state index contributed by atoms with van der Waals surface area (Å²) in [5.74, 6) is -1.000. The van der Waals surface area contributed by atoms with Gasteiger partial charge in [0.05, 0.1) is 6.10 Å². The normalized spacial score (nSPS) is 36.4. The van der Waals surface area contributed by atoms with Gasteiger partial charge in [-0.3, -0.25) is 14.3 Å². The highest BCUT2D eigenvalue weighted by molar-refractivity contribution is 5.16. The Hall–Kier alpha value is -1.99. The lowest BCUT2D eigenvalue weighted by Crippen LogP contribution is -2.50. The molecule has 2 saturated heterocycles. The summed E-state index contributed by atoms with van der Waals surface area (Å²) in [5, 5.41) is 19.7. The number of nitrogens with one attached hydrogen (secondary N) is 1. The van der Waals surface area contributed by atoms with Gasteiger partial charge in [0.25, 0.3) is 11.3 Å². The summed E-state index contributed by atoms with van der Waals surface area (Å²) in [6, 6.07) is 3.06. The van der Waals surface area contributed by atoms with E-state index in [9.17, 15) is 20.0 Å². The smallest absolute Gasteiger partial charge is 0.331 e. The zero-order chi connectivity index (χ0) is 17.0. The van der Waals surface area contributed by atoms with Crippen molar-refractivity contribution in [2.75, 3.05) is 0 Å². The average molecular weight is 323 g/mol. The quantitative estimate of drug-likeness (QED) is 0.715. The number of nitrogens with zero attached hydrogens (tertiary/aromatic N) is 2. The molecule has 0 amide bonds. The van der Waals surface area contributed by atoms with Gasteiger partial charge >= 0.3 is 5.69 Å². The standard InChI is InChI=1S/C14H17N3O6/c1-7(18)9-10-11(23-13(2,3)21-10)14(6-15,22-9)17-5-4-8(19)16-12(17)20/h4-5,7,9-11,18H,1-3H3,(H,16,19,20). The summed E-state index contributed by atoms with van der Waals surface area (Å²) < 4.78 is 18.2. The maximum atomic E-state index is 12.1. The minimum atomic E-state index is -1.85. The molecule has 0 saturated carbocycles. The van der Waals surface area contributed by atoms with Crippen molar-refractivity contribution >= 4 is 0 Å². The molecule has 1 aromatic rings. The summed E-state index contributed by atoms with van der Waals surface area (Å²) in [6.07, 6.45) is -2.32. The lowest BCUT2D eigenvalue weighted by molar-refractivity contribution is -0.225. The Morgan fingerprint density at radius 3 is 2.65 bits per heavy atom. The maximum Gasteiger partial charge on any atom is 0.331 e. The topological polar surface area (TPSA) is 127 Å². The number of H-pyrrole nitrogens is 1. The van der Waals surface area contributed by atoms with Crippen LogP contribution in [0.3, 0.4) is 0 Å². The van der Waals surface area contributed by atoms with Crippen molar-refractivity contribution < 1.29 is 19.3 Å². The third-order valence-electron chi connectivity index (χ3n) is 3.97. The van der Waals surface area contributed by atoms with Gasteiger partial charge in [0.15, 0.2) is 11.9 Å². The van der Waals surface area contributed by atoms with Crippen LogP contribution in [0.5, 0.6) is 0 Å². The Labute approximate surface area is 131 Å². The molecule has 2 N–H and O–H groups in total. The van der Waals surface area contributed by atoms with Crippen LogP contribution in [0, 0.1) is 11.3 Å². The second-order valence-electron chi connectivity index (χ2n) is 6.13. The molecule has 9 nitrogen and oxygen atoms in total. The first-order valence-corrected chi connectivity index (χ1v) is 7.15. The first kappa shape index (κ1) is 15.9. The van der Waals surface area contributed by atoms with Crippen molar-refractivity contribution in [3.63, 3.8) is 0 Å². The Morgan fingerprint density at radius 2 is 2.09 bits per heavy atom. The predicted octanol–water partition coefficient (Wildman–Crippen LogP) is -0.987. The van der Waals surface area contributed by atoms with Gasteiger partial charge in [0.2, 0.25) is 0 Å². The third-order valence-corrected chi connectivity index (χ3v) is 3.97. The molecule has 9 heteroatoms. The van der Waals surface area contributed by atoms with Crippen molar-refractivity contribution in [3.8, 4) is 6.07 Å². The van der Waals surface area contributed by atoms with Gasteiger partial charge in [-0.05, 0) is 20.8 Å². The minimum Gasteiger partial charge on any atom is -0.391 e. The minimum absolute atomic E-state index is 0.593. The molecule has 3 rings (SSSR count). The highest BCUT2D eigenvalue weighted by Gasteiger charge is 2.65. The van der Waals surface area contributed by atoms with Gasteiger partial charge in [0.1, 0.15) is 18.3 Å². The fraction of sp³-hybridized carbons (Fsp3) is 0.643. The fourth-order valence-corrected chi connectivity index (χ4v) is 3.06. The number of hydrogen-bond acceptors (Lipinski definition) is 7. The zero-order valence-corrected chi connectivity index (χ0v) is 12.8. The molecule has 5 atom stereocenters. The predicted molar refractivity (Wildman–Crippen MR) is 75.3 cm³/mol. The Kier molecular flexibility index (Phi) is 3.46. The molecule has 2 fully saturated rings. The molecule has 0 aromatic carbocycles. The summed E-state index contributed by atoms with van der Waals surface area (Å²) in [4.78, 5) is 25.5. The summed E-state index contributed by atoms with van der Waals surface area (Å²) >= 11 is 0. The van der Waals surface area contributed by atoms with Gasteiger partial charge in [-0.2, -0.15) is 5.26 Å². The van der Waals surface area contributed by atoms with Crippen LogP contribution in [-0.4, -0.2) is 44.9 Å². The van der Waals surface area contributed by atoms with Crippen LogP contribution in [0.2, 0.25) is 0 Å². The third kappa shape index (κ3) is 2.31. The summed E-state index contributed by atoms with van der Waals surface area (Å²) in [6.45, 7) is 4.84. The molecule has 1 aromatic heterocycles. The van der Waals surface area contributed by atoms with Crippen molar-refractivity contribution in [1.82, 2.24) is 9.55 Å². The second-order valence-corrected chi connectivity index (χ2v) is 6.13. The number of nitriles is 1.